The number of rotatable bonds is 6. The number of ether oxygens (including phenoxy) is 1. The summed E-state index contributed by atoms with van der Waals surface area (Å²) in [5.41, 5.74) is 8.29. The molecule has 0 spiro atoms. The van der Waals surface area contributed by atoms with Gasteiger partial charge in [0.15, 0.2) is 5.82 Å². The minimum absolute atomic E-state index is 0.204. The first-order chi connectivity index (χ1) is 15.2. The molecule has 0 aliphatic carbocycles. The van der Waals surface area contributed by atoms with Gasteiger partial charge in [-0.1, -0.05) is 18.2 Å². The number of hydrogen-bond donors (Lipinski definition) is 1. The Bertz CT molecular complexity index is 1240. The molecule has 0 saturated carbocycles. The number of hydrogen-bond acceptors (Lipinski definition) is 6. The normalized spacial score (nSPS) is 14.3. The Morgan fingerprint density at radius 2 is 1.74 bits per heavy atom. The number of aromatic nitrogens is 4. The number of para-hydroxylation sites is 1. The van der Waals surface area contributed by atoms with Crippen molar-refractivity contribution in [2.24, 2.45) is 0 Å². The summed E-state index contributed by atoms with van der Waals surface area (Å²) in [7, 11) is 0. The van der Waals surface area contributed by atoms with Crippen LogP contribution in [-0.2, 0) is 0 Å². The summed E-state index contributed by atoms with van der Waals surface area (Å²) in [4.78, 5) is 19.8. The molecule has 158 valence electrons. The van der Waals surface area contributed by atoms with E-state index in [4.69, 9.17) is 10.5 Å². The monoisotopic (exact) mass is 416 g/mol. The number of anilines is 1. The first-order valence-electron chi connectivity index (χ1n) is 10.5. The van der Waals surface area contributed by atoms with E-state index in [1.54, 1.807) is 6.20 Å². The summed E-state index contributed by atoms with van der Waals surface area (Å²) in [5, 5.41) is 4.35. The first kappa shape index (κ1) is 19.3. The fraction of sp³-hybridized carbons (Fsp3) is 0.261. The second-order valence-corrected chi connectivity index (χ2v) is 7.66. The van der Waals surface area contributed by atoms with Crippen molar-refractivity contribution in [3.8, 4) is 22.7 Å². The van der Waals surface area contributed by atoms with Crippen molar-refractivity contribution in [2.75, 3.05) is 32.0 Å². The largest absolute Gasteiger partial charge is 0.492 e. The zero-order chi connectivity index (χ0) is 21.2. The molecule has 2 aromatic heterocycles. The first-order valence-corrected chi connectivity index (χ1v) is 10.5. The van der Waals surface area contributed by atoms with E-state index in [1.165, 1.54) is 21.9 Å². The van der Waals surface area contributed by atoms with Crippen LogP contribution in [0.1, 0.15) is 12.8 Å². The Morgan fingerprint density at radius 3 is 2.48 bits per heavy atom. The maximum Gasteiger partial charge on any atom is 0.355 e. The fourth-order valence-electron chi connectivity index (χ4n) is 3.90. The van der Waals surface area contributed by atoms with E-state index < -0.39 is 0 Å². The molecule has 31 heavy (non-hydrogen) atoms. The summed E-state index contributed by atoms with van der Waals surface area (Å²) in [5.74, 6) is 1.02. The summed E-state index contributed by atoms with van der Waals surface area (Å²) in [6, 6.07) is 16.9. The summed E-state index contributed by atoms with van der Waals surface area (Å²) in [6.45, 7) is 3.95. The Balaban J connectivity index is 1.38. The van der Waals surface area contributed by atoms with Crippen LogP contribution in [0.5, 0.6) is 5.75 Å². The highest BCUT2D eigenvalue weighted by atomic mass is 16.5. The molecule has 2 N–H and O–H groups in total. The van der Waals surface area contributed by atoms with Crippen LogP contribution in [0.2, 0.25) is 0 Å². The van der Waals surface area contributed by atoms with Gasteiger partial charge in [0.2, 0.25) is 5.65 Å². The van der Waals surface area contributed by atoms with Gasteiger partial charge in [0, 0.05) is 18.3 Å². The second kappa shape index (κ2) is 8.23. The molecule has 2 aromatic carbocycles. The van der Waals surface area contributed by atoms with Crippen molar-refractivity contribution in [3.63, 3.8) is 0 Å². The fourth-order valence-corrected chi connectivity index (χ4v) is 3.90. The van der Waals surface area contributed by atoms with Crippen LogP contribution in [0.25, 0.3) is 22.6 Å². The van der Waals surface area contributed by atoms with Crippen LogP contribution in [0.15, 0.2) is 65.6 Å². The van der Waals surface area contributed by atoms with Gasteiger partial charge in [0.25, 0.3) is 0 Å². The number of nitrogens with zero attached hydrogens (tertiary/aromatic N) is 5. The highest BCUT2D eigenvalue weighted by molar-refractivity contribution is 5.67. The zero-order valence-electron chi connectivity index (χ0n) is 17.1. The van der Waals surface area contributed by atoms with E-state index in [0.717, 1.165) is 30.9 Å². The minimum atomic E-state index is -0.293. The van der Waals surface area contributed by atoms with E-state index >= 15 is 0 Å². The molecular weight excluding hydrogens is 392 g/mol. The summed E-state index contributed by atoms with van der Waals surface area (Å²) < 4.78 is 8.63. The number of nitrogens with two attached hydrogens (primary N) is 1. The molecule has 1 aliphatic heterocycles. The maximum absolute atomic E-state index is 12.9. The maximum atomic E-state index is 12.9. The average molecular weight is 416 g/mol. The van der Waals surface area contributed by atoms with Gasteiger partial charge < -0.3 is 10.5 Å². The van der Waals surface area contributed by atoms with Crippen LogP contribution in [0.4, 0.5) is 5.82 Å². The molecule has 0 bridgehead atoms. The molecule has 1 aliphatic rings. The van der Waals surface area contributed by atoms with Crippen molar-refractivity contribution in [1.82, 2.24) is 24.1 Å². The lowest BCUT2D eigenvalue weighted by molar-refractivity contribution is 0.238. The lowest BCUT2D eigenvalue weighted by Crippen LogP contribution is -2.25. The van der Waals surface area contributed by atoms with Gasteiger partial charge >= 0.3 is 5.69 Å². The van der Waals surface area contributed by atoms with E-state index in [-0.39, 0.29) is 11.5 Å². The number of nitrogen functional groups attached to an aromatic ring is 1. The number of benzene rings is 2. The van der Waals surface area contributed by atoms with Crippen molar-refractivity contribution in [2.45, 2.75) is 12.8 Å². The molecule has 8 heteroatoms. The molecule has 8 nitrogen and oxygen atoms in total. The summed E-state index contributed by atoms with van der Waals surface area (Å²) >= 11 is 0. The van der Waals surface area contributed by atoms with E-state index in [9.17, 15) is 4.79 Å². The molecule has 5 rings (SSSR count). The Labute approximate surface area is 179 Å². The molecule has 1 saturated heterocycles. The zero-order valence-corrected chi connectivity index (χ0v) is 17.1. The van der Waals surface area contributed by atoms with Crippen molar-refractivity contribution >= 4 is 11.5 Å². The molecule has 4 aromatic rings. The van der Waals surface area contributed by atoms with Crippen molar-refractivity contribution in [3.05, 3.63) is 71.3 Å². The molecule has 0 unspecified atom stereocenters. The molecule has 0 amide bonds. The third kappa shape index (κ3) is 3.89. The van der Waals surface area contributed by atoms with Crippen LogP contribution in [-0.4, -0.2) is 50.3 Å². The Hall–Kier alpha value is -3.65. The Kier molecular flexibility index (Phi) is 5.13. The predicted molar refractivity (Wildman–Crippen MR) is 120 cm³/mol. The van der Waals surface area contributed by atoms with Gasteiger partial charge in [-0.05, 0) is 62.3 Å². The van der Waals surface area contributed by atoms with Gasteiger partial charge in [0.1, 0.15) is 12.4 Å². The van der Waals surface area contributed by atoms with Gasteiger partial charge in [0.05, 0.1) is 11.4 Å². The highest BCUT2D eigenvalue weighted by Gasteiger charge is 2.14. The standard InChI is InChI=1S/C23H24N6O2/c24-21-22-26-29(18-6-2-1-3-7-18)23(30)28(22)16-20(25-21)17-8-10-19(11-9-17)31-15-14-27-12-4-5-13-27/h1-3,6-11,16H,4-5,12-15H2,(H2,24,25). The van der Waals surface area contributed by atoms with Gasteiger partial charge in [-0.3, -0.25) is 4.90 Å². The van der Waals surface area contributed by atoms with Crippen LogP contribution < -0.4 is 16.2 Å². The average Bonchev–Trinajstić information content (AvgIpc) is 3.43. The van der Waals surface area contributed by atoms with Crippen molar-refractivity contribution in [1.29, 1.82) is 0 Å². The van der Waals surface area contributed by atoms with Crippen molar-refractivity contribution < 1.29 is 4.74 Å². The molecular formula is C23H24N6O2. The predicted octanol–water partition coefficient (Wildman–Crippen LogP) is 2.60. The Morgan fingerprint density at radius 1 is 1.00 bits per heavy atom. The van der Waals surface area contributed by atoms with E-state index in [1.807, 2.05) is 54.6 Å². The van der Waals surface area contributed by atoms with Crippen LogP contribution in [0.3, 0.4) is 0 Å². The van der Waals surface area contributed by atoms with E-state index in [0.29, 0.717) is 23.6 Å². The second-order valence-electron chi connectivity index (χ2n) is 7.66. The smallest absolute Gasteiger partial charge is 0.355 e. The van der Waals surface area contributed by atoms with Crippen LogP contribution in [0, 0.1) is 0 Å². The minimum Gasteiger partial charge on any atom is -0.492 e. The lowest BCUT2D eigenvalue weighted by Gasteiger charge is -2.15. The van der Waals surface area contributed by atoms with Crippen LogP contribution >= 0.6 is 0 Å². The SMILES string of the molecule is Nc1nc(-c2ccc(OCCN3CCCC3)cc2)cn2c(=O)n(-c3ccccc3)nc12. The topological polar surface area (TPSA) is 90.7 Å². The number of fused-ring (bicyclic) bond motifs is 1. The van der Waals surface area contributed by atoms with Gasteiger partial charge in [-0.2, -0.15) is 4.68 Å². The van der Waals surface area contributed by atoms with E-state index in [2.05, 4.69) is 15.0 Å². The third-order valence-electron chi connectivity index (χ3n) is 5.56. The highest BCUT2D eigenvalue weighted by Crippen LogP contribution is 2.23. The molecule has 1 fully saturated rings. The summed E-state index contributed by atoms with van der Waals surface area (Å²) in [6.07, 6.45) is 4.23. The van der Waals surface area contributed by atoms with Gasteiger partial charge in [-0.25, -0.2) is 14.2 Å². The lowest BCUT2D eigenvalue weighted by atomic mass is 10.1. The number of likely N-dealkylation sites (tertiary alicyclic amines) is 1. The molecule has 0 radical (unpaired) electrons. The quantitative estimate of drug-likeness (QED) is 0.520. The molecule has 0 atom stereocenters. The van der Waals surface area contributed by atoms with Gasteiger partial charge in [-0.15, -0.1) is 5.10 Å². The third-order valence-corrected chi connectivity index (χ3v) is 5.56. The molecule has 3 heterocycles.